The average Bonchev–Trinajstić information content (AvgIpc) is 2.14. The van der Waals surface area contributed by atoms with Gasteiger partial charge in [0.05, 0.1) is 0 Å². The summed E-state index contributed by atoms with van der Waals surface area (Å²) in [7, 11) is 0. The predicted octanol–water partition coefficient (Wildman–Crippen LogP) is 0.378. The highest BCUT2D eigenvalue weighted by molar-refractivity contribution is 6.62. The molecule has 0 saturated carbocycles. The molecule has 1 atom stereocenters. The van der Waals surface area contributed by atoms with Gasteiger partial charge in [-0.1, -0.05) is 0 Å². The summed E-state index contributed by atoms with van der Waals surface area (Å²) in [6.07, 6.45) is 0.873. The number of hydrogen-bond acceptors (Lipinski definition) is 2. The number of amides is 1. The van der Waals surface area contributed by atoms with Gasteiger partial charge in [-0.05, 0) is 18.0 Å². The number of rotatable bonds is 0. The van der Waals surface area contributed by atoms with Crippen LogP contribution in [-0.4, -0.2) is 29.4 Å². The first-order valence-corrected chi connectivity index (χ1v) is 3.28. The van der Waals surface area contributed by atoms with Gasteiger partial charge in [0.15, 0.2) is 0 Å². The van der Waals surface area contributed by atoms with Crippen molar-refractivity contribution in [1.82, 2.24) is 4.90 Å². The van der Waals surface area contributed by atoms with E-state index in [4.69, 9.17) is 17.3 Å². The van der Waals surface area contributed by atoms with Gasteiger partial charge in [-0.3, -0.25) is 4.79 Å². The van der Waals surface area contributed by atoms with Gasteiger partial charge in [0, 0.05) is 19.1 Å². The number of hydrogen-bond donors (Lipinski definition) is 1. The van der Waals surface area contributed by atoms with Crippen molar-refractivity contribution in [1.29, 1.82) is 0 Å². The molecule has 1 aliphatic heterocycles. The molecule has 0 aliphatic carbocycles. The maximum atomic E-state index is 10.4. The van der Waals surface area contributed by atoms with Crippen LogP contribution in [0.4, 0.5) is 4.79 Å². The standard InChI is InChI=1S/C5H9ClN2O/c6-5(9)8-2-1-4(7)3-8/h4H,1-3,7H2/t4-/m0/s1. The third-order valence-electron chi connectivity index (χ3n) is 1.47. The zero-order valence-corrected chi connectivity index (χ0v) is 5.77. The quantitative estimate of drug-likeness (QED) is 0.399. The summed E-state index contributed by atoms with van der Waals surface area (Å²) >= 11 is 5.18. The Morgan fingerprint density at radius 2 is 2.44 bits per heavy atom. The van der Waals surface area contributed by atoms with Crippen molar-refractivity contribution in [2.75, 3.05) is 13.1 Å². The molecule has 0 aromatic heterocycles. The molecule has 52 valence electrons. The van der Waals surface area contributed by atoms with Crippen molar-refractivity contribution in [3.63, 3.8) is 0 Å². The lowest BCUT2D eigenvalue weighted by atomic mass is 10.3. The van der Waals surface area contributed by atoms with E-state index in [1.165, 1.54) is 0 Å². The maximum absolute atomic E-state index is 10.4. The molecule has 9 heavy (non-hydrogen) atoms. The van der Waals surface area contributed by atoms with E-state index < -0.39 is 0 Å². The number of carbonyl (C=O) groups is 1. The number of carbonyl (C=O) groups excluding carboxylic acids is 1. The monoisotopic (exact) mass is 148 g/mol. The molecule has 0 spiro atoms. The smallest absolute Gasteiger partial charge is 0.316 e. The Bertz CT molecular complexity index is 128. The van der Waals surface area contributed by atoms with Crippen LogP contribution in [0.1, 0.15) is 6.42 Å². The molecule has 0 aromatic carbocycles. The lowest BCUT2D eigenvalue weighted by Gasteiger charge is -2.09. The Hall–Kier alpha value is -0.280. The van der Waals surface area contributed by atoms with Gasteiger partial charge in [-0.15, -0.1) is 0 Å². The molecule has 2 N–H and O–H groups in total. The van der Waals surface area contributed by atoms with Gasteiger partial charge in [-0.2, -0.15) is 0 Å². The van der Waals surface area contributed by atoms with Crippen molar-refractivity contribution >= 4 is 17.0 Å². The summed E-state index contributed by atoms with van der Waals surface area (Å²) < 4.78 is 0. The van der Waals surface area contributed by atoms with Gasteiger partial charge in [-0.25, -0.2) is 0 Å². The molecule has 1 heterocycles. The second-order valence-electron chi connectivity index (χ2n) is 2.25. The molecule has 0 bridgehead atoms. The van der Waals surface area contributed by atoms with Gasteiger partial charge in [0.2, 0.25) is 0 Å². The van der Waals surface area contributed by atoms with E-state index in [2.05, 4.69) is 0 Å². The van der Waals surface area contributed by atoms with Crippen molar-refractivity contribution in [2.45, 2.75) is 12.5 Å². The topological polar surface area (TPSA) is 46.3 Å². The molecule has 0 unspecified atom stereocenters. The van der Waals surface area contributed by atoms with Crippen LogP contribution in [0.2, 0.25) is 0 Å². The van der Waals surface area contributed by atoms with Crippen molar-refractivity contribution in [2.24, 2.45) is 5.73 Å². The second kappa shape index (κ2) is 2.54. The number of nitrogens with zero attached hydrogens (tertiary/aromatic N) is 1. The fraction of sp³-hybridized carbons (Fsp3) is 0.800. The second-order valence-corrected chi connectivity index (χ2v) is 2.57. The summed E-state index contributed by atoms with van der Waals surface area (Å²) in [6, 6.07) is 0.132. The largest absolute Gasteiger partial charge is 0.328 e. The Morgan fingerprint density at radius 1 is 1.78 bits per heavy atom. The minimum absolute atomic E-state index is 0.132. The minimum Gasteiger partial charge on any atom is -0.328 e. The van der Waals surface area contributed by atoms with E-state index in [-0.39, 0.29) is 11.4 Å². The molecule has 1 amide bonds. The molecule has 1 rings (SSSR count). The Kier molecular flexibility index (Phi) is 1.93. The van der Waals surface area contributed by atoms with E-state index in [0.29, 0.717) is 13.1 Å². The van der Waals surface area contributed by atoms with Crippen LogP contribution in [0.15, 0.2) is 0 Å². The zero-order chi connectivity index (χ0) is 6.85. The van der Waals surface area contributed by atoms with Crippen LogP contribution in [0.5, 0.6) is 0 Å². The Morgan fingerprint density at radius 3 is 2.67 bits per heavy atom. The lowest BCUT2D eigenvalue weighted by molar-refractivity contribution is 0.232. The zero-order valence-electron chi connectivity index (χ0n) is 5.01. The predicted molar refractivity (Wildman–Crippen MR) is 35.4 cm³/mol. The molecule has 0 radical (unpaired) electrons. The van der Waals surface area contributed by atoms with E-state index in [1.54, 1.807) is 4.90 Å². The Labute approximate surface area is 58.8 Å². The van der Waals surface area contributed by atoms with Crippen LogP contribution in [0.3, 0.4) is 0 Å². The SMILES string of the molecule is N[C@H]1CCN(C(=O)Cl)C1. The van der Waals surface area contributed by atoms with Crippen LogP contribution in [0.25, 0.3) is 0 Å². The van der Waals surface area contributed by atoms with Gasteiger partial charge in [0.1, 0.15) is 0 Å². The fourth-order valence-electron chi connectivity index (χ4n) is 0.947. The lowest BCUT2D eigenvalue weighted by Crippen LogP contribution is -2.28. The first kappa shape index (κ1) is 6.83. The van der Waals surface area contributed by atoms with Crippen LogP contribution >= 0.6 is 11.6 Å². The molecule has 1 aliphatic rings. The normalized spacial score (nSPS) is 26.9. The van der Waals surface area contributed by atoms with Crippen LogP contribution in [0, 0.1) is 0 Å². The molecule has 3 nitrogen and oxygen atoms in total. The highest BCUT2D eigenvalue weighted by Gasteiger charge is 2.21. The van der Waals surface area contributed by atoms with Crippen LogP contribution in [-0.2, 0) is 0 Å². The first-order chi connectivity index (χ1) is 4.20. The van der Waals surface area contributed by atoms with Gasteiger partial charge in [0.25, 0.3) is 0 Å². The van der Waals surface area contributed by atoms with Crippen molar-refractivity contribution < 1.29 is 4.79 Å². The highest BCUT2D eigenvalue weighted by Crippen LogP contribution is 2.08. The first-order valence-electron chi connectivity index (χ1n) is 2.90. The number of nitrogens with two attached hydrogens (primary N) is 1. The van der Waals surface area contributed by atoms with E-state index in [0.717, 1.165) is 6.42 Å². The molecule has 0 aromatic rings. The average molecular weight is 149 g/mol. The number of halogens is 1. The number of likely N-dealkylation sites (tertiary alicyclic amines) is 1. The maximum Gasteiger partial charge on any atom is 0.316 e. The highest BCUT2D eigenvalue weighted by atomic mass is 35.5. The fourth-order valence-corrected chi connectivity index (χ4v) is 1.10. The Balaban J connectivity index is 2.39. The molecular weight excluding hydrogens is 140 g/mol. The molecular formula is C5H9ClN2O. The third kappa shape index (κ3) is 1.56. The summed E-state index contributed by atoms with van der Waals surface area (Å²) in [5.74, 6) is 0. The van der Waals surface area contributed by atoms with Crippen molar-refractivity contribution in [3.8, 4) is 0 Å². The van der Waals surface area contributed by atoms with E-state index >= 15 is 0 Å². The summed E-state index contributed by atoms with van der Waals surface area (Å²) in [5, 5.41) is -0.386. The van der Waals surface area contributed by atoms with Gasteiger partial charge >= 0.3 is 5.37 Å². The van der Waals surface area contributed by atoms with Gasteiger partial charge < -0.3 is 10.6 Å². The molecule has 4 heteroatoms. The minimum atomic E-state index is -0.386. The molecule has 1 saturated heterocycles. The third-order valence-corrected chi connectivity index (χ3v) is 1.71. The van der Waals surface area contributed by atoms with Crippen LogP contribution < -0.4 is 5.73 Å². The van der Waals surface area contributed by atoms with Crippen molar-refractivity contribution in [3.05, 3.63) is 0 Å². The molecule has 1 fully saturated rings. The summed E-state index contributed by atoms with van der Waals surface area (Å²) in [4.78, 5) is 12.0. The van der Waals surface area contributed by atoms with E-state index in [1.807, 2.05) is 0 Å². The summed E-state index contributed by atoms with van der Waals surface area (Å²) in [6.45, 7) is 1.33. The van der Waals surface area contributed by atoms with E-state index in [9.17, 15) is 4.79 Å². The summed E-state index contributed by atoms with van der Waals surface area (Å²) in [5.41, 5.74) is 5.51.